The lowest BCUT2D eigenvalue weighted by Gasteiger charge is -2.24. The first-order chi connectivity index (χ1) is 25.3. The minimum atomic E-state index is -0.416. The third-order valence-corrected chi connectivity index (χ3v) is 11.1. The van der Waals surface area contributed by atoms with Crippen molar-refractivity contribution >= 4 is 87.1 Å². The van der Waals surface area contributed by atoms with Crippen molar-refractivity contribution in [3.63, 3.8) is 0 Å². The maximum Gasteiger partial charge on any atom is 0.160 e. The van der Waals surface area contributed by atoms with Crippen molar-refractivity contribution in [3.05, 3.63) is 168 Å². The predicted octanol–water partition coefficient (Wildman–Crippen LogP) is 12.0. The van der Waals surface area contributed by atoms with E-state index >= 15 is 0 Å². The molecule has 0 saturated carbocycles. The molecule has 1 atom stereocenters. The fourth-order valence-corrected chi connectivity index (χ4v) is 8.78. The molecular weight excluding hydrogens is 647 g/mol. The molecule has 6 heteroatoms. The van der Waals surface area contributed by atoms with Gasteiger partial charge < -0.3 is 14.2 Å². The summed E-state index contributed by atoms with van der Waals surface area (Å²) >= 11 is 1.82. The second-order valence-electron chi connectivity index (χ2n) is 12.9. The SMILES string of the molecule is c1ccc(C2=NC(c3ccc(-c4ccc5c(c4)sc4ccccc45)c4oc5ccccc5c34)=NC(c3cccc4oc5ccccc5c34)N2)cc1. The zero-order valence-electron chi connectivity index (χ0n) is 27.1. The van der Waals surface area contributed by atoms with Gasteiger partial charge in [0.2, 0.25) is 0 Å². The normalized spacial score (nSPS) is 14.9. The summed E-state index contributed by atoms with van der Waals surface area (Å²) in [7, 11) is 0. The Kier molecular flexibility index (Phi) is 6.12. The van der Waals surface area contributed by atoms with Crippen LogP contribution in [0.2, 0.25) is 0 Å². The third kappa shape index (κ3) is 4.40. The number of para-hydroxylation sites is 2. The van der Waals surface area contributed by atoms with Gasteiger partial charge in [-0.05, 0) is 48.0 Å². The molecule has 0 spiro atoms. The minimum absolute atomic E-state index is 0.416. The van der Waals surface area contributed by atoms with E-state index in [0.29, 0.717) is 5.84 Å². The maximum atomic E-state index is 6.73. The Labute approximate surface area is 295 Å². The van der Waals surface area contributed by atoms with Gasteiger partial charge in [0.15, 0.2) is 5.84 Å². The second kappa shape index (κ2) is 11.0. The molecule has 0 saturated heterocycles. The van der Waals surface area contributed by atoms with Crippen LogP contribution in [0.25, 0.3) is 75.2 Å². The Morgan fingerprint density at radius 3 is 2.06 bits per heavy atom. The van der Waals surface area contributed by atoms with Crippen LogP contribution >= 0.6 is 11.3 Å². The summed E-state index contributed by atoms with van der Waals surface area (Å²) in [5, 5.41) is 10.4. The number of benzene rings is 7. The van der Waals surface area contributed by atoms with E-state index in [1.807, 2.05) is 65.9 Å². The maximum absolute atomic E-state index is 6.73. The Morgan fingerprint density at radius 1 is 0.510 bits per heavy atom. The van der Waals surface area contributed by atoms with Crippen molar-refractivity contribution < 1.29 is 8.83 Å². The van der Waals surface area contributed by atoms with Gasteiger partial charge in [-0.2, -0.15) is 0 Å². The molecule has 7 aromatic carbocycles. The van der Waals surface area contributed by atoms with Gasteiger partial charge in [-0.25, -0.2) is 9.98 Å². The van der Waals surface area contributed by atoms with Gasteiger partial charge in [0.05, 0.1) is 0 Å². The Balaban J connectivity index is 1.14. The van der Waals surface area contributed by atoms with Gasteiger partial charge in [-0.3, -0.25) is 0 Å². The van der Waals surface area contributed by atoms with E-state index < -0.39 is 6.17 Å². The van der Waals surface area contributed by atoms with Crippen LogP contribution in [0.4, 0.5) is 0 Å². The number of hydrogen-bond donors (Lipinski definition) is 1. The van der Waals surface area contributed by atoms with Crippen molar-refractivity contribution in [1.82, 2.24) is 5.32 Å². The van der Waals surface area contributed by atoms with E-state index in [1.165, 1.54) is 20.2 Å². The fourth-order valence-electron chi connectivity index (χ4n) is 7.64. The first kappa shape index (κ1) is 28.3. The number of furan rings is 2. The summed E-state index contributed by atoms with van der Waals surface area (Å²) in [6.45, 7) is 0. The number of amidine groups is 2. The molecule has 0 radical (unpaired) electrons. The van der Waals surface area contributed by atoms with Crippen LogP contribution < -0.4 is 5.32 Å². The molecule has 3 aromatic heterocycles. The van der Waals surface area contributed by atoms with Crippen molar-refractivity contribution in [2.75, 3.05) is 0 Å². The van der Waals surface area contributed by atoms with Crippen molar-refractivity contribution in [2.45, 2.75) is 6.17 Å². The molecule has 0 amide bonds. The number of fused-ring (bicyclic) bond motifs is 9. The lowest BCUT2D eigenvalue weighted by Crippen LogP contribution is -2.33. The van der Waals surface area contributed by atoms with E-state index in [9.17, 15) is 0 Å². The lowest BCUT2D eigenvalue weighted by atomic mass is 9.97. The van der Waals surface area contributed by atoms with Gasteiger partial charge in [0.1, 0.15) is 34.3 Å². The molecule has 4 heterocycles. The zero-order valence-corrected chi connectivity index (χ0v) is 27.9. The van der Waals surface area contributed by atoms with E-state index in [0.717, 1.165) is 77.5 Å². The van der Waals surface area contributed by atoms with Gasteiger partial charge >= 0.3 is 0 Å². The highest BCUT2D eigenvalue weighted by Gasteiger charge is 2.27. The summed E-state index contributed by atoms with van der Waals surface area (Å²) in [4.78, 5) is 10.6. The van der Waals surface area contributed by atoms with Gasteiger partial charge in [0, 0.05) is 64.0 Å². The highest BCUT2D eigenvalue weighted by atomic mass is 32.1. The lowest BCUT2D eigenvalue weighted by molar-refractivity contribution is 0.662. The molecule has 1 unspecified atom stereocenters. The van der Waals surface area contributed by atoms with Crippen LogP contribution in [0.3, 0.4) is 0 Å². The molecule has 0 fully saturated rings. The molecule has 1 aliphatic heterocycles. The van der Waals surface area contributed by atoms with Crippen LogP contribution in [-0.4, -0.2) is 11.7 Å². The largest absolute Gasteiger partial charge is 0.456 e. The van der Waals surface area contributed by atoms with Gasteiger partial charge in [0.25, 0.3) is 0 Å². The van der Waals surface area contributed by atoms with Crippen molar-refractivity contribution in [2.24, 2.45) is 9.98 Å². The highest BCUT2D eigenvalue weighted by Crippen LogP contribution is 2.42. The number of nitrogens with one attached hydrogen (secondary N) is 1. The summed E-state index contributed by atoms with van der Waals surface area (Å²) in [5.41, 5.74) is 8.43. The van der Waals surface area contributed by atoms with Gasteiger partial charge in [-0.1, -0.05) is 109 Å². The monoisotopic (exact) mass is 673 g/mol. The number of rotatable bonds is 4. The molecule has 1 N–H and O–H groups in total. The van der Waals surface area contributed by atoms with Crippen LogP contribution in [0.1, 0.15) is 22.9 Å². The molecule has 11 rings (SSSR count). The van der Waals surface area contributed by atoms with Crippen LogP contribution in [-0.2, 0) is 0 Å². The Bertz CT molecular complexity index is 3070. The van der Waals surface area contributed by atoms with Crippen LogP contribution in [0.5, 0.6) is 0 Å². The van der Waals surface area contributed by atoms with E-state index in [2.05, 4.69) is 102 Å². The smallest absolute Gasteiger partial charge is 0.160 e. The zero-order chi connectivity index (χ0) is 33.5. The summed E-state index contributed by atoms with van der Waals surface area (Å²) in [6, 6.07) is 52.5. The van der Waals surface area contributed by atoms with Gasteiger partial charge in [-0.15, -0.1) is 11.3 Å². The molecule has 1 aliphatic rings. The summed E-state index contributed by atoms with van der Waals surface area (Å²) < 4.78 is 15.6. The fraction of sp³-hybridized carbons (Fsp3) is 0.0222. The number of hydrogen-bond acceptors (Lipinski definition) is 6. The van der Waals surface area contributed by atoms with E-state index in [4.69, 9.17) is 18.8 Å². The predicted molar refractivity (Wildman–Crippen MR) is 211 cm³/mol. The van der Waals surface area contributed by atoms with Crippen molar-refractivity contribution in [3.8, 4) is 11.1 Å². The topological polar surface area (TPSA) is 63.0 Å². The Morgan fingerprint density at radius 2 is 1.20 bits per heavy atom. The number of nitrogens with zero attached hydrogens (tertiary/aromatic N) is 2. The molecular formula is C45H27N3O2S. The second-order valence-corrected chi connectivity index (χ2v) is 14.0. The molecule has 0 aliphatic carbocycles. The first-order valence-corrected chi connectivity index (χ1v) is 17.8. The minimum Gasteiger partial charge on any atom is -0.456 e. The highest BCUT2D eigenvalue weighted by molar-refractivity contribution is 7.25. The van der Waals surface area contributed by atoms with Crippen LogP contribution in [0.15, 0.2) is 170 Å². The standard InChI is InChI=1S/C45H27N3O2S/c1-2-11-26(12-3-1)43-46-44(33-16-10-19-37-40(33)31-14-4-7-17-35(31)49-37)48-45(47-43)34-24-23-28(42-41(34)32-15-5-8-18-36(32)50-42)27-21-22-30-29-13-6-9-20-38(29)51-39(30)25-27/h1-25,44H,(H,46,47,48). The molecule has 5 nitrogen and oxygen atoms in total. The van der Waals surface area contributed by atoms with E-state index in [-0.39, 0.29) is 0 Å². The number of thiophene rings is 1. The average Bonchev–Trinajstić information content (AvgIpc) is 3.89. The van der Waals surface area contributed by atoms with Crippen LogP contribution in [0, 0.1) is 0 Å². The third-order valence-electron chi connectivity index (χ3n) is 9.98. The molecule has 10 aromatic rings. The Hall–Kier alpha value is -6.50. The average molecular weight is 674 g/mol. The molecule has 51 heavy (non-hydrogen) atoms. The molecule has 240 valence electrons. The summed E-state index contributed by atoms with van der Waals surface area (Å²) in [6.07, 6.45) is -0.416. The summed E-state index contributed by atoms with van der Waals surface area (Å²) in [5.74, 6) is 1.40. The first-order valence-electron chi connectivity index (χ1n) is 17.0. The quantitative estimate of drug-likeness (QED) is 0.202. The molecule has 0 bridgehead atoms. The number of aliphatic imine (C=N–C) groups is 2. The van der Waals surface area contributed by atoms with E-state index in [1.54, 1.807) is 0 Å². The van der Waals surface area contributed by atoms with Crippen molar-refractivity contribution in [1.29, 1.82) is 0 Å².